The number of H-pyrrole nitrogens is 1. The molecule has 2 heterocycles. The van der Waals surface area contributed by atoms with Crippen LogP contribution in [0.15, 0.2) is 58.1 Å². The van der Waals surface area contributed by atoms with E-state index < -0.39 is 0 Å². The monoisotopic (exact) mass is 528 g/mol. The lowest BCUT2D eigenvalue weighted by atomic mass is 10.1. The highest BCUT2D eigenvalue weighted by atomic mass is 35.5. The lowest BCUT2D eigenvalue weighted by molar-refractivity contribution is -0.118. The number of nitrogens with one attached hydrogen (secondary N) is 2. The molecule has 0 radical (unpaired) electrons. The average Bonchev–Trinajstić information content (AvgIpc) is 3.22. The van der Waals surface area contributed by atoms with Crippen molar-refractivity contribution < 1.29 is 9.53 Å². The largest absolute Gasteiger partial charge is 0.484 e. The van der Waals surface area contributed by atoms with Crippen LogP contribution in [0.4, 0.5) is 5.69 Å². The molecule has 0 atom stereocenters. The lowest BCUT2D eigenvalue weighted by Crippen LogP contribution is -2.40. The van der Waals surface area contributed by atoms with Crippen molar-refractivity contribution in [3.8, 4) is 17.0 Å². The molecule has 1 amide bonds. The van der Waals surface area contributed by atoms with Gasteiger partial charge in [0.1, 0.15) is 11.3 Å². The second-order valence-electron chi connectivity index (χ2n) is 8.27. The summed E-state index contributed by atoms with van der Waals surface area (Å²) in [6.45, 7) is 4.45. The molecule has 0 aliphatic rings. The second kappa shape index (κ2) is 11.1. The van der Waals surface area contributed by atoms with E-state index in [0.29, 0.717) is 69.7 Å². The maximum atomic E-state index is 13.0. The van der Waals surface area contributed by atoms with Crippen LogP contribution >= 0.6 is 23.2 Å². The Balaban J connectivity index is 1.58. The standard InChI is InChI=1S/C26H26Cl2N4O4/c1-3-13-31-24-21(28)22(30-23(24)25(34)32(14-4-2)26(31)35)16-9-11-17(12-10-16)36-15-20(33)29-19-8-6-5-7-18(19)27/h5-12,30H,3-4,13-15H2,1-2H3,(H,29,33). The number of para-hydroxylation sites is 1. The molecule has 0 saturated heterocycles. The van der Waals surface area contributed by atoms with Crippen LogP contribution in [0.5, 0.6) is 5.75 Å². The topological polar surface area (TPSA) is 98.1 Å². The van der Waals surface area contributed by atoms with Crippen LogP contribution in [0.2, 0.25) is 10.0 Å². The molecule has 2 aromatic heterocycles. The summed E-state index contributed by atoms with van der Waals surface area (Å²) in [5, 5.41) is 3.45. The Bertz CT molecular complexity index is 1520. The number of hydrogen-bond donors (Lipinski definition) is 2. The molecule has 8 nitrogen and oxygen atoms in total. The van der Waals surface area contributed by atoms with Crippen LogP contribution in [0.1, 0.15) is 26.7 Å². The fraction of sp³-hybridized carbons (Fsp3) is 0.269. The van der Waals surface area contributed by atoms with Crippen LogP contribution in [0, 0.1) is 0 Å². The first-order valence-electron chi connectivity index (χ1n) is 11.7. The molecule has 2 aromatic carbocycles. The van der Waals surface area contributed by atoms with Crippen molar-refractivity contribution in [3.63, 3.8) is 0 Å². The number of aromatic amines is 1. The van der Waals surface area contributed by atoms with Gasteiger partial charge in [-0.25, -0.2) is 4.79 Å². The van der Waals surface area contributed by atoms with Crippen molar-refractivity contribution in [2.75, 3.05) is 11.9 Å². The van der Waals surface area contributed by atoms with Crippen LogP contribution in [0.3, 0.4) is 0 Å². The van der Waals surface area contributed by atoms with Gasteiger partial charge >= 0.3 is 5.69 Å². The van der Waals surface area contributed by atoms with Gasteiger partial charge in [0.25, 0.3) is 11.5 Å². The number of rotatable bonds is 9. The first-order chi connectivity index (χ1) is 17.3. The summed E-state index contributed by atoms with van der Waals surface area (Å²) < 4.78 is 8.40. The minimum absolute atomic E-state index is 0.196. The molecular formula is C26H26Cl2N4O4. The number of aromatic nitrogens is 3. The smallest absolute Gasteiger partial charge is 0.331 e. The molecule has 0 unspecified atom stereocenters. The van der Waals surface area contributed by atoms with Gasteiger partial charge in [-0.2, -0.15) is 0 Å². The SMILES string of the molecule is CCCn1c(=O)c2[nH]c(-c3ccc(OCC(=O)Nc4ccccc4Cl)cc3)c(Cl)c2n(CCC)c1=O. The minimum Gasteiger partial charge on any atom is -0.484 e. The zero-order valence-electron chi connectivity index (χ0n) is 19.9. The quantitative estimate of drug-likeness (QED) is 0.307. The van der Waals surface area contributed by atoms with Crippen LogP contribution in [-0.4, -0.2) is 26.6 Å². The Morgan fingerprint density at radius 1 is 0.972 bits per heavy atom. The van der Waals surface area contributed by atoms with Crippen molar-refractivity contribution in [1.29, 1.82) is 0 Å². The molecule has 36 heavy (non-hydrogen) atoms. The number of amides is 1. The van der Waals surface area contributed by atoms with Crippen LogP contribution < -0.4 is 21.3 Å². The fourth-order valence-electron chi connectivity index (χ4n) is 4.00. The second-order valence-corrected chi connectivity index (χ2v) is 9.05. The van der Waals surface area contributed by atoms with Crippen molar-refractivity contribution in [2.45, 2.75) is 39.8 Å². The molecule has 4 aromatic rings. The third-order valence-corrected chi connectivity index (χ3v) is 6.36. The summed E-state index contributed by atoms with van der Waals surface area (Å²) in [6, 6.07) is 13.9. The molecule has 0 aliphatic heterocycles. The number of ether oxygens (including phenoxy) is 1. The summed E-state index contributed by atoms with van der Waals surface area (Å²) in [7, 11) is 0. The van der Waals surface area contributed by atoms with Gasteiger partial charge in [-0.3, -0.25) is 18.7 Å². The number of benzene rings is 2. The number of nitrogens with zero attached hydrogens (tertiary/aromatic N) is 2. The van der Waals surface area contributed by atoms with Crippen molar-refractivity contribution in [2.24, 2.45) is 0 Å². The molecule has 10 heteroatoms. The number of hydrogen-bond acceptors (Lipinski definition) is 4. The predicted molar refractivity (Wildman–Crippen MR) is 143 cm³/mol. The summed E-state index contributed by atoms with van der Waals surface area (Å²) in [5.74, 6) is 0.136. The van der Waals surface area contributed by atoms with E-state index in [1.807, 2.05) is 13.8 Å². The van der Waals surface area contributed by atoms with Crippen molar-refractivity contribution in [1.82, 2.24) is 14.1 Å². The van der Waals surface area contributed by atoms with Crippen LogP contribution in [0.25, 0.3) is 22.3 Å². The Morgan fingerprint density at radius 3 is 2.31 bits per heavy atom. The highest BCUT2D eigenvalue weighted by molar-refractivity contribution is 6.38. The molecular weight excluding hydrogens is 503 g/mol. The maximum absolute atomic E-state index is 13.0. The number of halogens is 2. The summed E-state index contributed by atoms with van der Waals surface area (Å²) in [5.41, 5.74) is 1.72. The fourth-order valence-corrected chi connectivity index (χ4v) is 4.54. The van der Waals surface area contributed by atoms with E-state index in [-0.39, 0.29) is 23.8 Å². The summed E-state index contributed by atoms with van der Waals surface area (Å²) >= 11 is 12.8. The van der Waals surface area contributed by atoms with Gasteiger partial charge in [-0.05, 0) is 54.8 Å². The molecule has 0 fully saturated rings. The number of carbonyl (C=O) groups is 1. The Kier molecular flexibility index (Phi) is 7.86. The van der Waals surface area contributed by atoms with Gasteiger partial charge in [-0.15, -0.1) is 0 Å². The Labute approximate surface area is 217 Å². The highest BCUT2D eigenvalue weighted by Gasteiger charge is 2.21. The lowest BCUT2D eigenvalue weighted by Gasteiger charge is -2.11. The minimum atomic E-state index is -0.387. The number of aryl methyl sites for hydroxylation is 1. The zero-order valence-corrected chi connectivity index (χ0v) is 21.4. The Morgan fingerprint density at radius 2 is 1.64 bits per heavy atom. The molecule has 2 N–H and O–H groups in total. The zero-order chi connectivity index (χ0) is 25.8. The van der Waals surface area contributed by atoms with Gasteiger partial charge < -0.3 is 15.0 Å². The van der Waals surface area contributed by atoms with E-state index in [1.54, 1.807) is 53.1 Å². The van der Waals surface area contributed by atoms with Gasteiger partial charge in [0.15, 0.2) is 6.61 Å². The normalized spacial score (nSPS) is 11.1. The third-order valence-electron chi connectivity index (χ3n) is 5.66. The first-order valence-corrected chi connectivity index (χ1v) is 12.4. The van der Waals surface area contributed by atoms with Gasteiger partial charge in [0, 0.05) is 13.1 Å². The van der Waals surface area contributed by atoms with Crippen molar-refractivity contribution >= 4 is 45.8 Å². The van der Waals surface area contributed by atoms with E-state index in [2.05, 4.69) is 10.3 Å². The van der Waals surface area contributed by atoms with E-state index in [1.165, 1.54) is 4.57 Å². The van der Waals surface area contributed by atoms with Gasteiger partial charge in [-0.1, -0.05) is 49.2 Å². The predicted octanol–water partition coefficient (Wildman–Crippen LogP) is 5.30. The molecule has 0 bridgehead atoms. The number of fused-ring (bicyclic) bond motifs is 1. The number of carbonyl (C=O) groups excluding carboxylic acids is 1. The van der Waals surface area contributed by atoms with Crippen molar-refractivity contribution in [3.05, 3.63) is 79.4 Å². The van der Waals surface area contributed by atoms with Gasteiger partial charge in [0.05, 0.1) is 26.9 Å². The summed E-state index contributed by atoms with van der Waals surface area (Å²) in [4.78, 5) is 41.4. The molecule has 0 saturated carbocycles. The van der Waals surface area contributed by atoms with E-state index >= 15 is 0 Å². The highest BCUT2D eigenvalue weighted by Crippen LogP contribution is 2.33. The average molecular weight is 529 g/mol. The van der Waals surface area contributed by atoms with Crippen LogP contribution in [-0.2, 0) is 17.9 Å². The maximum Gasteiger partial charge on any atom is 0.331 e. The Hall–Kier alpha value is -3.49. The number of anilines is 1. The molecule has 188 valence electrons. The third kappa shape index (κ3) is 5.05. The van der Waals surface area contributed by atoms with E-state index in [4.69, 9.17) is 27.9 Å². The van der Waals surface area contributed by atoms with E-state index in [9.17, 15) is 14.4 Å². The molecule has 4 rings (SSSR count). The first kappa shape index (κ1) is 25.6. The molecule has 0 aliphatic carbocycles. The van der Waals surface area contributed by atoms with E-state index in [0.717, 1.165) is 0 Å². The van der Waals surface area contributed by atoms with Gasteiger partial charge in [0.2, 0.25) is 0 Å². The summed E-state index contributed by atoms with van der Waals surface area (Å²) in [6.07, 6.45) is 1.37. The molecule has 0 spiro atoms.